The highest BCUT2D eigenvalue weighted by atomic mass is 79.9. The van der Waals surface area contributed by atoms with Crippen LogP contribution in [-0.4, -0.2) is 63.9 Å². The van der Waals surface area contributed by atoms with Crippen molar-refractivity contribution in [2.45, 2.75) is 32.7 Å². The largest absolute Gasteiger partial charge is 0.495 e. The van der Waals surface area contributed by atoms with E-state index in [0.717, 1.165) is 39.1 Å². The molecule has 0 radical (unpaired) electrons. The summed E-state index contributed by atoms with van der Waals surface area (Å²) in [5.74, 6) is 1.56. The number of hydrogen-bond donors (Lipinski definition) is 1. The Bertz CT molecular complexity index is 591. The van der Waals surface area contributed by atoms with Crippen molar-refractivity contribution in [3.8, 4) is 11.5 Å². The summed E-state index contributed by atoms with van der Waals surface area (Å²) in [6.07, 6.45) is 2.18. The van der Waals surface area contributed by atoms with Crippen LogP contribution in [-0.2, 0) is 4.74 Å². The SMILES string of the molecule is CCC(CC)C(CNC(=O)c1cc(OC)c(Br)c(OC)c1)N1CCOCC1. The Morgan fingerprint density at radius 3 is 2.22 bits per heavy atom. The zero-order valence-corrected chi connectivity index (χ0v) is 18.3. The lowest BCUT2D eigenvalue weighted by Gasteiger charge is -2.38. The van der Waals surface area contributed by atoms with E-state index in [1.807, 2.05) is 0 Å². The fraction of sp³-hybridized carbons (Fsp3) is 0.650. The van der Waals surface area contributed by atoms with Crippen LogP contribution in [0.3, 0.4) is 0 Å². The third kappa shape index (κ3) is 5.59. The second-order valence-corrected chi connectivity index (χ2v) is 7.49. The maximum atomic E-state index is 12.8. The van der Waals surface area contributed by atoms with E-state index in [0.29, 0.717) is 40.0 Å². The first-order valence-electron chi connectivity index (χ1n) is 9.57. The monoisotopic (exact) mass is 442 g/mol. The Morgan fingerprint density at radius 2 is 1.74 bits per heavy atom. The van der Waals surface area contributed by atoms with Gasteiger partial charge in [0.2, 0.25) is 0 Å². The maximum absolute atomic E-state index is 12.8. The Balaban J connectivity index is 2.12. The number of amides is 1. The molecule has 0 spiro atoms. The van der Waals surface area contributed by atoms with E-state index in [4.69, 9.17) is 14.2 Å². The van der Waals surface area contributed by atoms with Crippen molar-refractivity contribution in [3.05, 3.63) is 22.2 Å². The lowest BCUT2D eigenvalue weighted by molar-refractivity contribution is 0.00191. The molecule has 1 heterocycles. The molecular formula is C20H31BrN2O4. The molecule has 1 amide bonds. The molecule has 1 aliphatic rings. The van der Waals surface area contributed by atoms with Gasteiger partial charge in [0.25, 0.3) is 5.91 Å². The molecule has 1 N–H and O–H groups in total. The Hall–Kier alpha value is -1.31. The number of benzene rings is 1. The minimum atomic E-state index is -0.122. The highest BCUT2D eigenvalue weighted by Crippen LogP contribution is 2.35. The maximum Gasteiger partial charge on any atom is 0.251 e. The van der Waals surface area contributed by atoms with Crippen LogP contribution in [0.25, 0.3) is 0 Å². The molecule has 1 atom stereocenters. The molecule has 0 bridgehead atoms. The number of methoxy groups -OCH3 is 2. The molecule has 1 aromatic carbocycles. The minimum Gasteiger partial charge on any atom is -0.495 e. The highest BCUT2D eigenvalue weighted by molar-refractivity contribution is 9.10. The van der Waals surface area contributed by atoms with Crippen molar-refractivity contribution in [3.63, 3.8) is 0 Å². The number of morpholine rings is 1. The van der Waals surface area contributed by atoms with E-state index in [1.165, 1.54) is 0 Å². The van der Waals surface area contributed by atoms with Gasteiger partial charge in [-0.25, -0.2) is 0 Å². The molecule has 0 saturated carbocycles. The molecule has 0 aromatic heterocycles. The molecule has 1 saturated heterocycles. The molecule has 1 aliphatic heterocycles. The second kappa shape index (κ2) is 10.9. The summed E-state index contributed by atoms with van der Waals surface area (Å²) in [5, 5.41) is 3.12. The van der Waals surface area contributed by atoms with Gasteiger partial charge in [-0.1, -0.05) is 26.7 Å². The summed E-state index contributed by atoms with van der Waals surface area (Å²) < 4.78 is 16.9. The zero-order valence-electron chi connectivity index (χ0n) is 16.7. The first kappa shape index (κ1) is 22.0. The van der Waals surface area contributed by atoms with Gasteiger partial charge in [0.15, 0.2) is 0 Å². The van der Waals surface area contributed by atoms with E-state index in [2.05, 4.69) is 40.0 Å². The molecule has 152 valence electrons. The molecule has 2 rings (SSSR count). The van der Waals surface area contributed by atoms with Gasteiger partial charge in [0, 0.05) is 31.2 Å². The van der Waals surface area contributed by atoms with E-state index in [-0.39, 0.29) is 5.91 Å². The predicted molar refractivity (Wildman–Crippen MR) is 110 cm³/mol. The van der Waals surface area contributed by atoms with Crippen LogP contribution in [0.2, 0.25) is 0 Å². The number of carbonyl (C=O) groups is 1. The third-order valence-corrected chi connectivity index (χ3v) is 6.07. The molecule has 0 aliphatic carbocycles. The molecule has 7 heteroatoms. The van der Waals surface area contributed by atoms with E-state index >= 15 is 0 Å². The summed E-state index contributed by atoms with van der Waals surface area (Å²) in [6.45, 7) is 8.39. The average Bonchev–Trinajstić information content (AvgIpc) is 2.71. The van der Waals surface area contributed by atoms with Crippen LogP contribution in [0.5, 0.6) is 11.5 Å². The van der Waals surface area contributed by atoms with E-state index in [9.17, 15) is 4.79 Å². The predicted octanol–water partition coefficient (Wildman–Crippen LogP) is 3.33. The number of nitrogens with one attached hydrogen (secondary N) is 1. The Labute approximate surface area is 170 Å². The minimum absolute atomic E-state index is 0.122. The number of carbonyl (C=O) groups excluding carboxylic acids is 1. The molecule has 1 unspecified atom stereocenters. The summed E-state index contributed by atoms with van der Waals surface area (Å²) in [6, 6.07) is 3.76. The van der Waals surface area contributed by atoms with Crippen LogP contribution in [0.4, 0.5) is 0 Å². The lowest BCUT2D eigenvalue weighted by Crippen LogP contribution is -2.52. The fourth-order valence-corrected chi connectivity index (χ4v) is 4.19. The number of nitrogens with zero attached hydrogens (tertiary/aromatic N) is 1. The Morgan fingerprint density at radius 1 is 1.19 bits per heavy atom. The number of halogens is 1. The summed E-state index contributed by atoms with van der Waals surface area (Å²) >= 11 is 3.44. The van der Waals surface area contributed by atoms with Crippen molar-refractivity contribution in [1.82, 2.24) is 10.2 Å². The topological polar surface area (TPSA) is 60.0 Å². The highest BCUT2D eigenvalue weighted by Gasteiger charge is 2.27. The van der Waals surface area contributed by atoms with Gasteiger partial charge in [-0.15, -0.1) is 0 Å². The molecular weight excluding hydrogens is 412 g/mol. The van der Waals surface area contributed by atoms with Crippen molar-refractivity contribution >= 4 is 21.8 Å². The number of rotatable bonds is 9. The van der Waals surface area contributed by atoms with Crippen molar-refractivity contribution < 1.29 is 19.0 Å². The number of hydrogen-bond acceptors (Lipinski definition) is 5. The second-order valence-electron chi connectivity index (χ2n) is 6.70. The van der Waals surface area contributed by atoms with Crippen LogP contribution >= 0.6 is 15.9 Å². The van der Waals surface area contributed by atoms with Crippen molar-refractivity contribution in [2.24, 2.45) is 5.92 Å². The zero-order chi connectivity index (χ0) is 19.8. The normalized spacial score (nSPS) is 16.2. The fourth-order valence-electron chi connectivity index (χ4n) is 3.64. The first-order chi connectivity index (χ1) is 13.0. The van der Waals surface area contributed by atoms with E-state index < -0.39 is 0 Å². The quantitative estimate of drug-likeness (QED) is 0.635. The smallest absolute Gasteiger partial charge is 0.251 e. The van der Waals surface area contributed by atoms with Crippen molar-refractivity contribution in [1.29, 1.82) is 0 Å². The first-order valence-corrected chi connectivity index (χ1v) is 10.4. The summed E-state index contributed by atoms with van der Waals surface area (Å²) in [5.41, 5.74) is 0.525. The third-order valence-electron chi connectivity index (χ3n) is 5.29. The van der Waals surface area contributed by atoms with E-state index in [1.54, 1.807) is 26.4 Å². The van der Waals surface area contributed by atoms with Crippen LogP contribution in [0.15, 0.2) is 16.6 Å². The molecule has 27 heavy (non-hydrogen) atoms. The van der Waals surface area contributed by atoms with Gasteiger partial charge in [0.1, 0.15) is 16.0 Å². The van der Waals surface area contributed by atoms with Gasteiger partial charge in [0.05, 0.1) is 27.4 Å². The Kier molecular flexibility index (Phi) is 8.86. The van der Waals surface area contributed by atoms with Gasteiger partial charge in [-0.05, 0) is 34.0 Å². The average molecular weight is 443 g/mol. The number of ether oxygens (including phenoxy) is 3. The van der Waals surface area contributed by atoms with Gasteiger partial charge in [-0.2, -0.15) is 0 Å². The van der Waals surface area contributed by atoms with Gasteiger partial charge in [-0.3, -0.25) is 9.69 Å². The van der Waals surface area contributed by atoms with Gasteiger partial charge >= 0.3 is 0 Å². The lowest BCUT2D eigenvalue weighted by atomic mass is 9.92. The van der Waals surface area contributed by atoms with Crippen LogP contribution < -0.4 is 14.8 Å². The molecule has 1 fully saturated rings. The van der Waals surface area contributed by atoms with Crippen LogP contribution in [0.1, 0.15) is 37.0 Å². The van der Waals surface area contributed by atoms with Crippen LogP contribution in [0, 0.1) is 5.92 Å². The summed E-state index contributed by atoms with van der Waals surface area (Å²) in [7, 11) is 3.14. The molecule has 6 nitrogen and oxygen atoms in total. The summed E-state index contributed by atoms with van der Waals surface area (Å²) in [4.78, 5) is 15.2. The standard InChI is InChI=1S/C20H31BrN2O4/c1-5-14(6-2)16(23-7-9-27-10-8-23)13-22-20(24)15-11-17(25-3)19(21)18(12-15)26-4/h11-12,14,16H,5-10,13H2,1-4H3,(H,22,24). The van der Waals surface area contributed by atoms with Gasteiger partial charge < -0.3 is 19.5 Å². The van der Waals surface area contributed by atoms with Crippen molar-refractivity contribution in [2.75, 3.05) is 47.1 Å². The molecule has 1 aromatic rings.